The standard InChI is InChI=1S/C25H27N5O2/c1-31-22-8-2-9-23-21(22)18-19(20-7-3-10-26-24(20)32-23)6-4-13-29-14-16-30(17-15-29)25-27-11-5-12-28-25/h2-3,5-12,18,22H,4,13-17H2,1H3. The van der Waals surface area contributed by atoms with Gasteiger partial charge in [0.2, 0.25) is 11.8 Å². The van der Waals surface area contributed by atoms with Crippen molar-refractivity contribution < 1.29 is 9.47 Å². The van der Waals surface area contributed by atoms with Crippen LogP contribution in [0.5, 0.6) is 5.88 Å². The van der Waals surface area contributed by atoms with Crippen LogP contribution in [0.15, 0.2) is 78.5 Å². The van der Waals surface area contributed by atoms with Crippen LogP contribution < -0.4 is 9.64 Å². The molecular weight excluding hydrogens is 402 g/mol. The van der Waals surface area contributed by atoms with Crippen molar-refractivity contribution >= 4 is 11.5 Å². The summed E-state index contributed by atoms with van der Waals surface area (Å²) in [6.07, 6.45) is 16.6. The van der Waals surface area contributed by atoms with Gasteiger partial charge in [-0.1, -0.05) is 18.2 Å². The van der Waals surface area contributed by atoms with Crippen LogP contribution in [0.3, 0.4) is 0 Å². The van der Waals surface area contributed by atoms with Gasteiger partial charge in [-0.15, -0.1) is 0 Å². The molecule has 1 fully saturated rings. The third-order valence-electron chi connectivity index (χ3n) is 6.00. The molecular formula is C25H27N5O2. The fourth-order valence-electron chi connectivity index (χ4n) is 4.27. The van der Waals surface area contributed by atoms with E-state index in [0.29, 0.717) is 5.88 Å². The number of anilines is 1. The zero-order chi connectivity index (χ0) is 21.8. The van der Waals surface area contributed by atoms with Crippen LogP contribution in [0.4, 0.5) is 5.95 Å². The number of pyridine rings is 1. The molecule has 164 valence electrons. The molecule has 0 radical (unpaired) electrons. The van der Waals surface area contributed by atoms with Crippen molar-refractivity contribution in [1.29, 1.82) is 0 Å². The van der Waals surface area contributed by atoms with E-state index < -0.39 is 0 Å². The molecule has 7 nitrogen and oxygen atoms in total. The summed E-state index contributed by atoms with van der Waals surface area (Å²) in [5.74, 6) is 2.25. The van der Waals surface area contributed by atoms with Gasteiger partial charge < -0.3 is 14.4 Å². The number of allylic oxidation sites excluding steroid dienone is 4. The van der Waals surface area contributed by atoms with Crippen molar-refractivity contribution in [3.63, 3.8) is 0 Å². The topological polar surface area (TPSA) is 63.6 Å². The van der Waals surface area contributed by atoms with Gasteiger partial charge in [0.25, 0.3) is 0 Å². The minimum atomic E-state index is -0.124. The number of hydrogen-bond donors (Lipinski definition) is 0. The molecule has 2 aliphatic heterocycles. The van der Waals surface area contributed by atoms with Crippen molar-refractivity contribution in [1.82, 2.24) is 19.9 Å². The van der Waals surface area contributed by atoms with E-state index in [2.05, 4.69) is 43.0 Å². The van der Waals surface area contributed by atoms with E-state index in [9.17, 15) is 0 Å². The largest absolute Gasteiger partial charge is 0.438 e. The molecule has 1 atom stereocenters. The smallest absolute Gasteiger partial charge is 0.227 e. The number of methoxy groups -OCH3 is 1. The molecule has 0 spiro atoms. The molecule has 2 aromatic rings. The van der Waals surface area contributed by atoms with Gasteiger partial charge in [-0.2, -0.15) is 0 Å². The summed E-state index contributed by atoms with van der Waals surface area (Å²) >= 11 is 0. The molecule has 0 bridgehead atoms. The predicted octanol–water partition coefficient (Wildman–Crippen LogP) is 3.25. The van der Waals surface area contributed by atoms with Gasteiger partial charge in [0.15, 0.2) is 0 Å². The molecule has 0 amide bonds. The summed E-state index contributed by atoms with van der Waals surface area (Å²) in [4.78, 5) is 18.0. The zero-order valence-corrected chi connectivity index (χ0v) is 18.2. The molecule has 0 aromatic carbocycles. The van der Waals surface area contributed by atoms with Gasteiger partial charge in [-0.05, 0) is 42.3 Å². The van der Waals surface area contributed by atoms with Gasteiger partial charge in [0.1, 0.15) is 11.9 Å². The zero-order valence-electron chi connectivity index (χ0n) is 18.2. The molecule has 4 heterocycles. The SMILES string of the molecule is COC1C=CC=C2Oc3ncccc3C(=CCCN3CCN(c4ncccn4)CC3)C=C21. The molecule has 1 unspecified atom stereocenters. The Hall–Kier alpha value is -3.29. The molecule has 5 rings (SSSR count). The van der Waals surface area contributed by atoms with Crippen molar-refractivity contribution in [2.45, 2.75) is 12.5 Å². The lowest BCUT2D eigenvalue weighted by molar-refractivity contribution is 0.164. The number of fused-ring (bicyclic) bond motifs is 2. The molecule has 1 aliphatic carbocycles. The highest BCUT2D eigenvalue weighted by Crippen LogP contribution is 2.36. The normalized spacial score (nSPS) is 21.8. The van der Waals surface area contributed by atoms with Gasteiger partial charge in [-0.25, -0.2) is 15.0 Å². The van der Waals surface area contributed by atoms with E-state index >= 15 is 0 Å². The number of nitrogens with zero attached hydrogens (tertiary/aromatic N) is 5. The summed E-state index contributed by atoms with van der Waals surface area (Å²) in [5.41, 5.74) is 3.16. The maximum atomic E-state index is 6.16. The van der Waals surface area contributed by atoms with E-state index in [1.165, 1.54) is 0 Å². The van der Waals surface area contributed by atoms with Crippen LogP contribution in [0.25, 0.3) is 5.57 Å². The van der Waals surface area contributed by atoms with E-state index in [1.807, 2.05) is 30.4 Å². The number of aromatic nitrogens is 3. The fraction of sp³-hybridized carbons (Fsp3) is 0.320. The Kier molecular flexibility index (Phi) is 6.09. The second-order valence-electron chi connectivity index (χ2n) is 7.96. The summed E-state index contributed by atoms with van der Waals surface area (Å²) in [6.45, 7) is 4.91. The number of piperazine rings is 1. The maximum Gasteiger partial charge on any atom is 0.227 e. The molecule has 1 saturated heterocycles. The van der Waals surface area contributed by atoms with Crippen LogP contribution in [-0.4, -0.2) is 65.8 Å². The van der Waals surface area contributed by atoms with Crippen LogP contribution in [-0.2, 0) is 4.74 Å². The van der Waals surface area contributed by atoms with Gasteiger partial charge in [0, 0.05) is 69.6 Å². The lowest BCUT2D eigenvalue weighted by Crippen LogP contribution is -2.47. The summed E-state index contributed by atoms with van der Waals surface area (Å²) < 4.78 is 11.8. The van der Waals surface area contributed by atoms with E-state index in [4.69, 9.17) is 9.47 Å². The Morgan fingerprint density at radius 3 is 2.72 bits per heavy atom. The van der Waals surface area contributed by atoms with Gasteiger partial charge >= 0.3 is 0 Å². The highest BCUT2D eigenvalue weighted by atomic mass is 16.5. The van der Waals surface area contributed by atoms with Crippen LogP contribution in [0, 0.1) is 0 Å². The van der Waals surface area contributed by atoms with Crippen LogP contribution in [0.2, 0.25) is 0 Å². The molecule has 3 aliphatic rings. The average Bonchev–Trinajstić information content (AvgIpc) is 3.01. The highest BCUT2D eigenvalue weighted by molar-refractivity contribution is 5.80. The summed E-state index contributed by atoms with van der Waals surface area (Å²) in [5, 5.41) is 0. The van der Waals surface area contributed by atoms with Gasteiger partial charge in [0.05, 0.1) is 0 Å². The second kappa shape index (κ2) is 9.46. The van der Waals surface area contributed by atoms with E-state index in [1.54, 1.807) is 25.7 Å². The van der Waals surface area contributed by atoms with Crippen molar-refractivity contribution in [3.8, 4) is 5.88 Å². The third kappa shape index (κ3) is 4.35. The Bertz CT molecular complexity index is 1070. The Morgan fingerprint density at radius 1 is 1.09 bits per heavy atom. The number of hydrogen-bond acceptors (Lipinski definition) is 7. The summed E-state index contributed by atoms with van der Waals surface area (Å²) in [7, 11) is 1.72. The Morgan fingerprint density at radius 2 is 1.91 bits per heavy atom. The minimum absolute atomic E-state index is 0.124. The number of rotatable bonds is 5. The minimum Gasteiger partial charge on any atom is -0.438 e. The molecule has 0 N–H and O–H groups in total. The predicted molar refractivity (Wildman–Crippen MR) is 124 cm³/mol. The van der Waals surface area contributed by atoms with Gasteiger partial charge in [-0.3, -0.25) is 4.90 Å². The lowest BCUT2D eigenvalue weighted by Gasteiger charge is -2.34. The lowest BCUT2D eigenvalue weighted by atomic mass is 9.97. The number of ether oxygens (including phenoxy) is 2. The van der Waals surface area contributed by atoms with Crippen molar-refractivity contribution in [3.05, 3.63) is 84.1 Å². The Labute approximate surface area is 188 Å². The van der Waals surface area contributed by atoms with Crippen LogP contribution in [0.1, 0.15) is 12.0 Å². The molecule has 32 heavy (non-hydrogen) atoms. The first kappa shape index (κ1) is 20.6. The fourth-order valence-corrected chi connectivity index (χ4v) is 4.27. The Balaban J connectivity index is 1.29. The van der Waals surface area contributed by atoms with Crippen LogP contribution >= 0.6 is 0 Å². The monoisotopic (exact) mass is 429 g/mol. The van der Waals surface area contributed by atoms with Crippen molar-refractivity contribution in [2.24, 2.45) is 0 Å². The van der Waals surface area contributed by atoms with E-state index in [-0.39, 0.29) is 6.10 Å². The summed E-state index contributed by atoms with van der Waals surface area (Å²) in [6, 6.07) is 5.87. The first-order valence-corrected chi connectivity index (χ1v) is 11.0. The van der Waals surface area contributed by atoms with E-state index in [0.717, 1.165) is 67.6 Å². The third-order valence-corrected chi connectivity index (χ3v) is 6.00. The first-order valence-electron chi connectivity index (χ1n) is 11.0. The average molecular weight is 430 g/mol. The van der Waals surface area contributed by atoms with Crippen molar-refractivity contribution in [2.75, 3.05) is 44.7 Å². The molecule has 7 heteroatoms. The first-order chi connectivity index (χ1) is 15.8. The maximum absolute atomic E-state index is 6.16. The highest BCUT2D eigenvalue weighted by Gasteiger charge is 2.25. The molecule has 2 aromatic heterocycles. The second-order valence-corrected chi connectivity index (χ2v) is 7.96. The quantitative estimate of drug-likeness (QED) is 0.723. The molecule has 0 saturated carbocycles.